The molecule has 1 heterocycles. The lowest BCUT2D eigenvalue weighted by molar-refractivity contribution is 0.223. The van der Waals surface area contributed by atoms with E-state index in [1.54, 1.807) is 0 Å². The second kappa shape index (κ2) is 2.87. The van der Waals surface area contributed by atoms with Gasteiger partial charge in [-0.2, -0.15) is 0 Å². The molecular formula is C7H13NO. The van der Waals surface area contributed by atoms with Crippen LogP contribution in [0.2, 0.25) is 0 Å². The molecule has 0 aromatic carbocycles. The lowest BCUT2D eigenvalue weighted by Crippen LogP contribution is -2.21. The molecule has 2 N–H and O–H groups in total. The van der Waals surface area contributed by atoms with Crippen molar-refractivity contribution in [2.24, 2.45) is 5.73 Å². The van der Waals surface area contributed by atoms with E-state index in [1.165, 1.54) is 0 Å². The smallest absolute Gasteiger partial charge is 0.109 e. The highest BCUT2D eigenvalue weighted by molar-refractivity contribution is 5.05. The normalized spacial score (nSPS) is 20.9. The van der Waals surface area contributed by atoms with Crippen LogP contribution in [0.3, 0.4) is 0 Å². The van der Waals surface area contributed by atoms with Gasteiger partial charge in [0.05, 0.1) is 12.6 Å². The van der Waals surface area contributed by atoms with Crippen molar-refractivity contribution in [2.45, 2.75) is 25.8 Å². The average Bonchev–Trinajstić information content (AvgIpc) is 2.37. The van der Waals surface area contributed by atoms with Gasteiger partial charge in [0.25, 0.3) is 0 Å². The summed E-state index contributed by atoms with van der Waals surface area (Å²) in [6.07, 6.45) is 4.07. The van der Waals surface area contributed by atoms with Gasteiger partial charge in [-0.1, -0.05) is 6.92 Å². The summed E-state index contributed by atoms with van der Waals surface area (Å²) >= 11 is 0. The highest BCUT2D eigenvalue weighted by atomic mass is 16.5. The first-order valence-corrected chi connectivity index (χ1v) is 3.43. The Morgan fingerprint density at radius 1 is 1.89 bits per heavy atom. The Kier molecular flexibility index (Phi) is 2.11. The number of hydrogen-bond acceptors (Lipinski definition) is 2. The fraction of sp³-hybridized carbons (Fsp3) is 0.714. The van der Waals surface area contributed by atoms with Gasteiger partial charge in [0, 0.05) is 6.42 Å². The van der Waals surface area contributed by atoms with Crippen LogP contribution in [0.5, 0.6) is 0 Å². The van der Waals surface area contributed by atoms with Gasteiger partial charge in [-0.25, -0.2) is 0 Å². The second-order valence-electron chi connectivity index (χ2n) is 2.26. The van der Waals surface area contributed by atoms with Crippen LogP contribution in [-0.2, 0) is 4.74 Å². The highest BCUT2D eigenvalue weighted by Crippen LogP contribution is 2.13. The van der Waals surface area contributed by atoms with E-state index in [-0.39, 0.29) is 6.04 Å². The van der Waals surface area contributed by atoms with Crippen molar-refractivity contribution in [1.82, 2.24) is 0 Å². The third kappa shape index (κ3) is 1.45. The Hall–Kier alpha value is -0.500. The van der Waals surface area contributed by atoms with Crippen LogP contribution in [0.25, 0.3) is 0 Å². The number of rotatable bonds is 2. The van der Waals surface area contributed by atoms with Crippen LogP contribution in [-0.4, -0.2) is 12.6 Å². The number of hydrogen-bond donors (Lipinski definition) is 1. The first-order chi connectivity index (χ1) is 4.34. The quantitative estimate of drug-likeness (QED) is 0.601. The van der Waals surface area contributed by atoms with E-state index >= 15 is 0 Å². The minimum absolute atomic E-state index is 0.132. The monoisotopic (exact) mass is 127 g/mol. The Labute approximate surface area is 55.7 Å². The van der Waals surface area contributed by atoms with E-state index in [1.807, 2.05) is 0 Å². The zero-order chi connectivity index (χ0) is 6.69. The minimum Gasteiger partial charge on any atom is -0.496 e. The van der Waals surface area contributed by atoms with Gasteiger partial charge in [-0.3, -0.25) is 0 Å². The fourth-order valence-electron chi connectivity index (χ4n) is 0.896. The maximum absolute atomic E-state index is 5.68. The maximum atomic E-state index is 5.68. The molecule has 0 saturated carbocycles. The van der Waals surface area contributed by atoms with Gasteiger partial charge >= 0.3 is 0 Å². The molecule has 0 fully saturated rings. The number of ether oxygens (including phenoxy) is 1. The van der Waals surface area contributed by atoms with Crippen LogP contribution in [0.4, 0.5) is 0 Å². The predicted octanol–water partition coefficient (Wildman–Crippen LogP) is 1.03. The SMILES string of the molecule is CC[C@H](N)C1=CCCO1. The topological polar surface area (TPSA) is 35.2 Å². The Morgan fingerprint density at radius 2 is 2.67 bits per heavy atom. The van der Waals surface area contributed by atoms with E-state index in [4.69, 9.17) is 10.5 Å². The van der Waals surface area contributed by atoms with E-state index < -0.39 is 0 Å². The fourth-order valence-corrected chi connectivity index (χ4v) is 0.896. The molecule has 1 aliphatic heterocycles. The molecule has 1 aliphatic rings. The summed E-state index contributed by atoms with van der Waals surface area (Å²) < 4.78 is 5.24. The van der Waals surface area contributed by atoms with Crippen LogP contribution >= 0.6 is 0 Å². The van der Waals surface area contributed by atoms with Crippen LogP contribution in [0.1, 0.15) is 19.8 Å². The third-order valence-electron chi connectivity index (χ3n) is 1.54. The molecule has 0 unspecified atom stereocenters. The molecular weight excluding hydrogens is 114 g/mol. The van der Waals surface area contributed by atoms with E-state index in [0.29, 0.717) is 0 Å². The predicted molar refractivity (Wildman–Crippen MR) is 36.9 cm³/mol. The Morgan fingerprint density at radius 3 is 3.11 bits per heavy atom. The summed E-state index contributed by atoms with van der Waals surface area (Å²) in [6.45, 7) is 2.89. The summed E-state index contributed by atoms with van der Waals surface area (Å²) in [5.74, 6) is 0.984. The molecule has 1 atom stereocenters. The first-order valence-electron chi connectivity index (χ1n) is 3.43. The molecule has 52 valence electrons. The van der Waals surface area contributed by atoms with Gasteiger partial charge in [-0.05, 0) is 12.5 Å². The Balaban J connectivity index is 2.40. The van der Waals surface area contributed by atoms with Gasteiger partial charge in [0.1, 0.15) is 5.76 Å². The van der Waals surface area contributed by atoms with E-state index in [2.05, 4.69) is 13.0 Å². The second-order valence-corrected chi connectivity index (χ2v) is 2.26. The molecule has 1 rings (SSSR count). The van der Waals surface area contributed by atoms with Crippen LogP contribution in [0.15, 0.2) is 11.8 Å². The zero-order valence-corrected chi connectivity index (χ0v) is 5.76. The standard InChI is InChI=1S/C7H13NO/c1-2-6(8)7-4-3-5-9-7/h4,6H,2-3,5,8H2,1H3/t6-/m0/s1. The van der Waals surface area contributed by atoms with E-state index in [9.17, 15) is 0 Å². The largest absolute Gasteiger partial charge is 0.496 e. The number of nitrogens with two attached hydrogens (primary N) is 1. The molecule has 0 spiro atoms. The molecule has 0 amide bonds. The van der Waals surface area contributed by atoms with Crippen molar-refractivity contribution in [3.8, 4) is 0 Å². The molecule has 0 bridgehead atoms. The van der Waals surface area contributed by atoms with Gasteiger partial charge in [-0.15, -0.1) is 0 Å². The van der Waals surface area contributed by atoms with E-state index in [0.717, 1.165) is 25.2 Å². The molecule has 0 aromatic heterocycles. The first kappa shape index (κ1) is 6.62. The average molecular weight is 127 g/mol. The molecule has 2 nitrogen and oxygen atoms in total. The maximum Gasteiger partial charge on any atom is 0.109 e. The molecule has 2 heteroatoms. The lowest BCUT2D eigenvalue weighted by Gasteiger charge is -2.09. The van der Waals surface area contributed by atoms with Crippen molar-refractivity contribution < 1.29 is 4.74 Å². The summed E-state index contributed by atoms with van der Waals surface area (Å²) in [5.41, 5.74) is 5.68. The lowest BCUT2D eigenvalue weighted by atomic mass is 10.2. The van der Waals surface area contributed by atoms with Crippen molar-refractivity contribution >= 4 is 0 Å². The van der Waals surface area contributed by atoms with Crippen molar-refractivity contribution in [2.75, 3.05) is 6.61 Å². The van der Waals surface area contributed by atoms with Crippen LogP contribution < -0.4 is 5.73 Å². The summed E-state index contributed by atoms with van der Waals surface area (Å²) in [6, 6.07) is 0.132. The van der Waals surface area contributed by atoms with Gasteiger partial charge < -0.3 is 10.5 Å². The molecule has 9 heavy (non-hydrogen) atoms. The van der Waals surface area contributed by atoms with Gasteiger partial charge in [0.15, 0.2) is 0 Å². The highest BCUT2D eigenvalue weighted by Gasteiger charge is 2.11. The van der Waals surface area contributed by atoms with Crippen LogP contribution in [0, 0.1) is 0 Å². The third-order valence-corrected chi connectivity index (χ3v) is 1.54. The van der Waals surface area contributed by atoms with Crippen molar-refractivity contribution in [1.29, 1.82) is 0 Å². The van der Waals surface area contributed by atoms with Crippen molar-refractivity contribution in [3.63, 3.8) is 0 Å². The van der Waals surface area contributed by atoms with Gasteiger partial charge in [0.2, 0.25) is 0 Å². The molecule has 0 radical (unpaired) electrons. The van der Waals surface area contributed by atoms with Crippen molar-refractivity contribution in [3.05, 3.63) is 11.8 Å². The molecule has 0 saturated heterocycles. The zero-order valence-electron chi connectivity index (χ0n) is 5.76. The summed E-state index contributed by atoms with van der Waals surface area (Å²) in [5, 5.41) is 0. The Bertz CT molecular complexity index is 120. The molecule has 0 aromatic rings. The molecule has 0 aliphatic carbocycles. The summed E-state index contributed by atoms with van der Waals surface area (Å²) in [7, 11) is 0. The minimum atomic E-state index is 0.132. The summed E-state index contributed by atoms with van der Waals surface area (Å²) in [4.78, 5) is 0.